The maximum atomic E-state index is 12.8. The van der Waals surface area contributed by atoms with Crippen molar-refractivity contribution in [1.29, 1.82) is 0 Å². The number of nitrogens with zero attached hydrogens (tertiary/aromatic N) is 1. The molecule has 1 fully saturated rings. The molecule has 0 spiro atoms. The molecule has 3 nitrogen and oxygen atoms in total. The number of ether oxygens (including phenoxy) is 1. The van der Waals surface area contributed by atoms with Crippen LogP contribution < -0.4 is 0 Å². The molecule has 5 heteroatoms. The zero-order valence-electron chi connectivity index (χ0n) is 12.9. The summed E-state index contributed by atoms with van der Waals surface area (Å²) in [5.74, 6) is 0.163. The Hall–Kier alpha value is -1.17. The predicted molar refractivity (Wildman–Crippen MR) is 96.6 cm³/mol. The normalized spacial score (nSPS) is 17.3. The average Bonchev–Trinajstić information content (AvgIpc) is 3.22. The van der Waals surface area contributed by atoms with Crippen molar-refractivity contribution < 1.29 is 9.53 Å². The van der Waals surface area contributed by atoms with Crippen LogP contribution in [-0.2, 0) is 22.5 Å². The molecule has 1 aliphatic rings. The minimum Gasteiger partial charge on any atom is -0.376 e. The van der Waals surface area contributed by atoms with Crippen LogP contribution in [0.15, 0.2) is 46.3 Å². The summed E-state index contributed by atoms with van der Waals surface area (Å²) in [5, 5.41) is 2.05. The van der Waals surface area contributed by atoms with Gasteiger partial charge in [-0.15, -0.1) is 11.3 Å². The summed E-state index contributed by atoms with van der Waals surface area (Å²) in [6.07, 6.45) is 2.76. The lowest BCUT2D eigenvalue weighted by molar-refractivity contribution is -0.132. The van der Waals surface area contributed by atoms with E-state index < -0.39 is 0 Å². The topological polar surface area (TPSA) is 29.5 Å². The highest BCUT2D eigenvalue weighted by atomic mass is 79.9. The summed E-state index contributed by atoms with van der Waals surface area (Å²) < 4.78 is 6.75. The van der Waals surface area contributed by atoms with E-state index in [1.165, 1.54) is 4.88 Å². The van der Waals surface area contributed by atoms with E-state index in [-0.39, 0.29) is 12.0 Å². The number of thiophene rings is 1. The summed E-state index contributed by atoms with van der Waals surface area (Å²) in [6.45, 7) is 2.18. The number of rotatable bonds is 6. The maximum Gasteiger partial charge on any atom is 0.227 e. The number of carbonyl (C=O) groups is 1. The van der Waals surface area contributed by atoms with Gasteiger partial charge >= 0.3 is 0 Å². The van der Waals surface area contributed by atoms with Gasteiger partial charge in [-0.25, -0.2) is 0 Å². The third-order valence-electron chi connectivity index (χ3n) is 4.00. The minimum atomic E-state index is 0.163. The number of carbonyl (C=O) groups excluding carboxylic acids is 1. The monoisotopic (exact) mass is 393 g/mol. The largest absolute Gasteiger partial charge is 0.376 e. The Morgan fingerprint density at radius 3 is 2.78 bits per heavy atom. The van der Waals surface area contributed by atoms with Crippen LogP contribution in [0.5, 0.6) is 0 Å². The molecule has 3 rings (SSSR count). The van der Waals surface area contributed by atoms with Crippen LogP contribution >= 0.6 is 27.3 Å². The van der Waals surface area contributed by atoms with Gasteiger partial charge in [0.2, 0.25) is 5.91 Å². The molecule has 0 aliphatic carbocycles. The molecule has 1 amide bonds. The van der Waals surface area contributed by atoms with E-state index in [0.29, 0.717) is 19.5 Å². The second-order valence-electron chi connectivity index (χ2n) is 5.79. The molecular weight excluding hydrogens is 374 g/mol. The van der Waals surface area contributed by atoms with E-state index in [4.69, 9.17) is 4.74 Å². The van der Waals surface area contributed by atoms with Gasteiger partial charge in [-0.1, -0.05) is 34.1 Å². The standard InChI is InChI=1S/C18H20BrNO2S/c19-15-7-5-14(6-8-15)11-18(21)20(12-16-3-1-9-22-16)13-17-4-2-10-23-17/h2,4-8,10,16H,1,3,9,11-13H2. The lowest BCUT2D eigenvalue weighted by Gasteiger charge is -2.25. The molecule has 0 N–H and O–H groups in total. The minimum absolute atomic E-state index is 0.163. The molecule has 1 saturated heterocycles. The molecule has 1 aliphatic heterocycles. The van der Waals surface area contributed by atoms with Crippen LogP contribution in [0, 0.1) is 0 Å². The van der Waals surface area contributed by atoms with Crippen LogP contribution in [0.2, 0.25) is 0 Å². The smallest absolute Gasteiger partial charge is 0.227 e. The van der Waals surface area contributed by atoms with Crippen molar-refractivity contribution in [1.82, 2.24) is 4.90 Å². The molecule has 0 bridgehead atoms. The van der Waals surface area contributed by atoms with Gasteiger partial charge in [-0.2, -0.15) is 0 Å². The van der Waals surface area contributed by atoms with Crippen LogP contribution in [-0.4, -0.2) is 30.1 Å². The lowest BCUT2D eigenvalue weighted by Crippen LogP contribution is -2.37. The Bertz CT molecular complexity index is 621. The highest BCUT2D eigenvalue weighted by Crippen LogP contribution is 2.19. The van der Waals surface area contributed by atoms with Gasteiger partial charge in [0.15, 0.2) is 0 Å². The van der Waals surface area contributed by atoms with Crippen LogP contribution in [0.25, 0.3) is 0 Å². The van der Waals surface area contributed by atoms with Crippen molar-refractivity contribution in [3.05, 3.63) is 56.7 Å². The first kappa shape index (κ1) is 16.7. The molecule has 0 saturated carbocycles. The Balaban J connectivity index is 1.67. The molecule has 23 heavy (non-hydrogen) atoms. The average molecular weight is 394 g/mol. The fraction of sp³-hybridized carbons (Fsp3) is 0.389. The van der Waals surface area contributed by atoms with Crippen LogP contribution in [0.3, 0.4) is 0 Å². The van der Waals surface area contributed by atoms with Crippen molar-refractivity contribution in [2.75, 3.05) is 13.2 Å². The number of benzene rings is 1. The highest BCUT2D eigenvalue weighted by molar-refractivity contribution is 9.10. The zero-order valence-corrected chi connectivity index (χ0v) is 15.3. The van der Waals surface area contributed by atoms with Gasteiger partial charge in [-0.05, 0) is 42.0 Å². The van der Waals surface area contributed by atoms with Crippen molar-refractivity contribution in [2.24, 2.45) is 0 Å². The molecule has 2 heterocycles. The molecule has 1 unspecified atom stereocenters. The number of hydrogen-bond donors (Lipinski definition) is 0. The van der Waals surface area contributed by atoms with E-state index >= 15 is 0 Å². The first-order valence-corrected chi connectivity index (χ1v) is 9.54. The summed E-state index contributed by atoms with van der Waals surface area (Å²) in [5.41, 5.74) is 1.04. The molecular formula is C18H20BrNO2S. The number of hydrogen-bond acceptors (Lipinski definition) is 3. The second-order valence-corrected chi connectivity index (χ2v) is 7.74. The van der Waals surface area contributed by atoms with Gasteiger partial charge in [0.25, 0.3) is 0 Å². The Labute approximate surface area is 149 Å². The molecule has 1 aromatic heterocycles. The number of amides is 1. The lowest BCUT2D eigenvalue weighted by atomic mass is 10.1. The van der Waals surface area contributed by atoms with E-state index in [1.54, 1.807) is 11.3 Å². The summed E-state index contributed by atoms with van der Waals surface area (Å²) in [7, 11) is 0. The quantitative estimate of drug-likeness (QED) is 0.733. The molecule has 0 radical (unpaired) electrons. The van der Waals surface area contributed by atoms with E-state index in [1.807, 2.05) is 35.2 Å². The molecule has 1 aromatic carbocycles. The number of halogens is 1. The maximum absolute atomic E-state index is 12.8. The summed E-state index contributed by atoms with van der Waals surface area (Å²) >= 11 is 5.12. The second kappa shape index (κ2) is 8.08. The third kappa shape index (κ3) is 4.90. The van der Waals surface area contributed by atoms with E-state index in [0.717, 1.165) is 29.5 Å². The fourth-order valence-electron chi connectivity index (χ4n) is 2.77. The van der Waals surface area contributed by atoms with Gasteiger partial charge in [0.05, 0.1) is 19.1 Å². The Morgan fingerprint density at radius 1 is 1.30 bits per heavy atom. The first-order chi connectivity index (χ1) is 11.2. The van der Waals surface area contributed by atoms with Crippen molar-refractivity contribution >= 4 is 33.2 Å². The van der Waals surface area contributed by atoms with Gasteiger partial charge in [0.1, 0.15) is 0 Å². The summed E-state index contributed by atoms with van der Waals surface area (Å²) in [4.78, 5) is 15.9. The van der Waals surface area contributed by atoms with Crippen molar-refractivity contribution in [2.45, 2.75) is 31.9 Å². The van der Waals surface area contributed by atoms with Crippen LogP contribution in [0.4, 0.5) is 0 Å². The first-order valence-electron chi connectivity index (χ1n) is 7.87. The SMILES string of the molecule is O=C(Cc1ccc(Br)cc1)N(Cc1cccs1)CC1CCCO1. The predicted octanol–water partition coefficient (Wildman–Crippen LogP) is 4.26. The highest BCUT2D eigenvalue weighted by Gasteiger charge is 2.23. The van der Waals surface area contributed by atoms with Gasteiger partial charge < -0.3 is 9.64 Å². The van der Waals surface area contributed by atoms with E-state index in [9.17, 15) is 4.79 Å². The van der Waals surface area contributed by atoms with Crippen LogP contribution in [0.1, 0.15) is 23.3 Å². The third-order valence-corrected chi connectivity index (χ3v) is 5.39. The van der Waals surface area contributed by atoms with Gasteiger partial charge in [0, 0.05) is 22.5 Å². The Morgan fingerprint density at radius 2 is 2.13 bits per heavy atom. The molecule has 2 aromatic rings. The van der Waals surface area contributed by atoms with Crippen molar-refractivity contribution in [3.8, 4) is 0 Å². The van der Waals surface area contributed by atoms with E-state index in [2.05, 4.69) is 27.4 Å². The zero-order chi connectivity index (χ0) is 16.1. The summed E-state index contributed by atoms with van der Waals surface area (Å²) in [6, 6.07) is 12.1. The van der Waals surface area contributed by atoms with Gasteiger partial charge in [-0.3, -0.25) is 4.79 Å². The Kier molecular flexibility index (Phi) is 5.86. The molecule has 1 atom stereocenters. The molecule has 122 valence electrons. The van der Waals surface area contributed by atoms with Crippen molar-refractivity contribution in [3.63, 3.8) is 0 Å². The fourth-order valence-corrected chi connectivity index (χ4v) is 3.75.